The van der Waals surface area contributed by atoms with Crippen LogP contribution in [0.2, 0.25) is 0 Å². The summed E-state index contributed by atoms with van der Waals surface area (Å²) in [5.74, 6) is -1.26. The summed E-state index contributed by atoms with van der Waals surface area (Å²) in [5.41, 5.74) is 5.42. The Kier molecular flexibility index (Phi) is 2.70. The summed E-state index contributed by atoms with van der Waals surface area (Å²) in [6.07, 6.45) is 2.17. The fourth-order valence-electron chi connectivity index (χ4n) is 0.955. The third kappa shape index (κ3) is 1.98. The van der Waals surface area contributed by atoms with E-state index in [4.69, 9.17) is 5.73 Å². The monoisotopic (exact) mass is 172 g/mol. The molecule has 0 radical (unpaired) electrons. The molecule has 0 saturated carbocycles. The molecule has 1 aromatic rings. The molecule has 0 aliphatic heterocycles. The van der Waals surface area contributed by atoms with Crippen LogP contribution >= 0.6 is 0 Å². The molecule has 0 amide bonds. The van der Waals surface area contributed by atoms with Gasteiger partial charge in [-0.2, -0.15) is 0 Å². The summed E-state index contributed by atoms with van der Waals surface area (Å²) < 4.78 is 25.7. The van der Waals surface area contributed by atoms with Crippen LogP contribution in [0.5, 0.6) is 0 Å². The first-order valence-electron chi connectivity index (χ1n) is 3.64. The van der Waals surface area contributed by atoms with Gasteiger partial charge in [-0.1, -0.05) is 0 Å². The minimum atomic E-state index is -0.632. The Hall–Kier alpha value is -1.03. The maximum Gasteiger partial charge on any atom is 0.147 e. The first-order valence-corrected chi connectivity index (χ1v) is 3.64. The highest BCUT2D eigenvalue weighted by Crippen LogP contribution is 2.11. The maximum atomic E-state index is 12.9. The Morgan fingerprint density at radius 2 is 1.92 bits per heavy atom. The molecule has 12 heavy (non-hydrogen) atoms. The highest BCUT2D eigenvalue weighted by molar-refractivity contribution is 5.16. The van der Waals surface area contributed by atoms with E-state index in [1.807, 2.05) is 0 Å². The molecule has 1 aromatic heterocycles. The predicted octanol–water partition coefficient (Wildman–Crippen LogP) is 1.25. The van der Waals surface area contributed by atoms with Crippen LogP contribution in [0.4, 0.5) is 8.78 Å². The smallest absolute Gasteiger partial charge is 0.147 e. The number of aromatic nitrogens is 1. The third-order valence-corrected chi connectivity index (χ3v) is 1.48. The lowest BCUT2D eigenvalue weighted by molar-refractivity contribution is 0.533. The number of pyridine rings is 1. The predicted molar refractivity (Wildman–Crippen MR) is 41.5 cm³/mol. The largest absolute Gasteiger partial charge is 0.328 e. The Labute approximate surface area is 69.4 Å². The maximum absolute atomic E-state index is 12.9. The Bertz CT molecular complexity index is 254. The first kappa shape index (κ1) is 9.06. The van der Waals surface area contributed by atoms with Crippen molar-refractivity contribution in [1.82, 2.24) is 4.98 Å². The molecule has 0 spiro atoms. The highest BCUT2D eigenvalue weighted by Gasteiger charge is 2.10. The van der Waals surface area contributed by atoms with Gasteiger partial charge < -0.3 is 5.73 Å². The van der Waals surface area contributed by atoms with Crippen LogP contribution in [0.3, 0.4) is 0 Å². The molecule has 0 aliphatic rings. The molecule has 2 N–H and O–H groups in total. The molecule has 0 saturated heterocycles. The summed E-state index contributed by atoms with van der Waals surface area (Å²) in [6.45, 7) is 1.69. The lowest BCUT2D eigenvalue weighted by Crippen LogP contribution is -2.19. The van der Waals surface area contributed by atoms with E-state index < -0.39 is 11.6 Å². The van der Waals surface area contributed by atoms with E-state index in [1.54, 1.807) is 6.92 Å². The van der Waals surface area contributed by atoms with Gasteiger partial charge in [-0.15, -0.1) is 0 Å². The van der Waals surface area contributed by atoms with Gasteiger partial charge in [0, 0.05) is 11.6 Å². The van der Waals surface area contributed by atoms with Gasteiger partial charge in [0.2, 0.25) is 0 Å². The minimum Gasteiger partial charge on any atom is -0.328 e. The molecule has 1 heterocycles. The van der Waals surface area contributed by atoms with Crippen LogP contribution in [0.1, 0.15) is 12.5 Å². The van der Waals surface area contributed by atoms with Crippen molar-refractivity contribution in [3.05, 3.63) is 29.6 Å². The highest BCUT2D eigenvalue weighted by atomic mass is 19.1. The minimum absolute atomic E-state index is 0.0139. The fourth-order valence-corrected chi connectivity index (χ4v) is 0.955. The van der Waals surface area contributed by atoms with Crippen molar-refractivity contribution < 1.29 is 8.78 Å². The fraction of sp³-hybridized carbons (Fsp3) is 0.375. The van der Waals surface area contributed by atoms with E-state index in [-0.39, 0.29) is 18.0 Å². The van der Waals surface area contributed by atoms with Crippen LogP contribution in [-0.4, -0.2) is 11.0 Å². The van der Waals surface area contributed by atoms with Crippen molar-refractivity contribution in [2.45, 2.75) is 19.4 Å². The van der Waals surface area contributed by atoms with Crippen LogP contribution in [-0.2, 0) is 6.42 Å². The number of nitrogens with zero attached hydrogens (tertiary/aromatic N) is 1. The second kappa shape index (κ2) is 3.58. The van der Waals surface area contributed by atoms with Crippen LogP contribution in [0.25, 0.3) is 0 Å². The molecule has 0 aliphatic carbocycles. The zero-order valence-corrected chi connectivity index (χ0v) is 6.72. The van der Waals surface area contributed by atoms with Crippen LogP contribution in [0, 0.1) is 11.6 Å². The van der Waals surface area contributed by atoms with Gasteiger partial charge in [-0.25, -0.2) is 8.78 Å². The summed E-state index contributed by atoms with van der Waals surface area (Å²) in [4.78, 5) is 3.36. The van der Waals surface area contributed by atoms with Gasteiger partial charge in [0.05, 0.1) is 12.4 Å². The van der Waals surface area contributed by atoms with Crippen molar-refractivity contribution in [2.24, 2.45) is 5.73 Å². The van der Waals surface area contributed by atoms with E-state index in [2.05, 4.69) is 4.98 Å². The molecule has 2 nitrogen and oxygen atoms in total. The number of nitrogens with two attached hydrogens (primary N) is 1. The van der Waals surface area contributed by atoms with Crippen molar-refractivity contribution >= 4 is 0 Å². The molecule has 4 heteroatoms. The second-order valence-electron chi connectivity index (χ2n) is 2.76. The lowest BCUT2D eigenvalue weighted by atomic mass is 10.1. The average Bonchev–Trinajstić information content (AvgIpc) is 1.97. The van der Waals surface area contributed by atoms with Gasteiger partial charge in [0.1, 0.15) is 11.6 Å². The molecule has 0 fully saturated rings. The first-order chi connectivity index (χ1) is 5.61. The number of hydrogen-bond acceptors (Lipinski definition) is 2. The summed E-state index contributed by atoms with van der Waals surface area (Å²) in [5, 5.41) is 0. The zero-order chi connectivity index (χ0) is 9.14. The van der Waals surface area contributed by atoms with E-state index in [0.29, 0.717) is 0 Å². The van der Waals surface area contributed by atoms with Gasteiger partial charge in [0.25, 0.3) is 0 Å². The van der Waals surface area contributed by atoms with Crippen molar-refractivity contribution in [3.8, 4) is 0 Å². The Morgan fingerprint density at radius 1 is 1.42 bits per heavy atom. The third-order valence-electron chi connectivity index (χ3n) is 1.48. The van der Waals surface area contributed by atoms with Gasteiger partial charge in [-0.05, 0) is 13.3 Å². The van der Waals surface area contributed by atoms with Gasteiger partial charge in [-0.3, -0.25) is 4.98 Å². The quantitative estimate of drug-likeness (QED) is 0.729. The Morgan fingerprint density at radius 3 is 2.33 bits per heavy atom. The Balaban J connectivity index is 2.96. The summed E-state index contributed by atoms with van der Waals surface area (Å²) in [7, 11) is 0. The standard InChI is InChI=1S/C8H10F2N2/c1-5(11)2-6-7(9)3-12-4-8(6)10/h3-5H,2,11H2,1H3. The number of halogens is 2. The molecule has 0 bridgehead atoms. The second-order valence-corrected chi connectivity index (χ2v) is 2.76. The lowest BCUT2D eigenvalue weighted by Gasteiger charge is -2.06. The molecule has 0 aromatic carbocycles. The van der Waals surface area contributed by atoms with Crippen molar-refractivity contribution in [2.75, 3.05) is 0 Å². The molecular weight excluding hydrogens is 162 g/mol. The molecular formula is C8H10F2N2. The number of hydrogen-bond donors (Lipinski definition) is 1. The average molecular weight is 172 g/mol. The van der Waals surface area contributed by atoms with E-state index in [9.17, 15) is 8.78 Å². The summed E-state index contributed by atoms with van der Waals surface area (Å²) in [6, 6.07) is -0.253. The van der Waals surface area contributed by atoms with E-state index in [0.717, 1.165) is 12.4 Å². The van der Waals surface area contributed by atoms with Crippen LogP contribution in [0.15, 0.2) is 12.4 Å². The van der Waals surface area contributed by atoms with Crippen molar-refractivity contribution in [3.63, 3.8) is 0 Å². The number of rotatable bonds is 2. The molecule has 1 rings (SSSR count). The topological polar surface area (TPSA) is 38.9 Å². The van der Waals surface area contributed by atoms with Crippen molar-refractivity contribution in [1.29, 1.82) is 0 Å². The molecule has 66 valence electrons. The van der Waals surface area contributed by atoms with E-state index >= 15 is 0 Å². The zero-order valence-electron chi connectivity index (χ0n) is 6.72. The normalized spacial score (nSPS) is 13.0. The van der Waals surface area contributed by atoms with Gasteiger partial charge >= 0.3 is 0 Å². The summed E-state index contributed by atoms with van der Waals surface area (Å²) >= 11 is 0. The molecule has 1 unspecified atom stereocenters. The van der Waals surface area contributed by atoms with Gasteiger partial charge in [0.15, 0.2) is 0 Å². The molecule has 1 atom stereocenters. The van der Waals surface area contributed by atoms with E-state index in [1.165, 1.54) is 0 Å². The van der Waals surface area contributed by atoms with Crippen LogP contribution < -0.4 is 5.73 Å². The SMILES string of the molecule is CC(N)Cc1c(F)cncc1F.